The molecule has 20 heavy (non-hydrogen) atoms. The number of benzene rings is 1. The fourth-order valence-corrected chi connectivity index (χ4v) is 2.88. The van der Waals surface area contributed by atoms with Crippen LogP contribution in [0.25, 0.3) is 0 Å². The summed E-state index contributed by atoms with van der Waals surface area (Å²) in [6.45, 7) is 5.22. The number of hydrogen-bond acceptors (Lipinski definition) is 5. The van der Waals surface area contributed by atoms with Gasteiger partial charge in [0.05, 0.1) is 25.6 Å². The summed E-state index contributed by atoms with van der Waals surface area (Å²) in [5, 5.41) is 0. The van der Waals surface area contributed by atoms with Gasteiger partial charge in [0, 0.05) is 17.7 Å². The molecule has 1 aromatic rings. The van der Waals surface area contributed by atoms with Gasteiger partial charge < -0.3 is 15.2 Å². The largest absolute Gasteiger partial charge is 0.493 e. The molecule has 4 N–H and O–H groups in total. The zero-order chi connectivity index (χ0) is 15.6. The molecule has 0 spiro atoms. The van der Waals surface area contributed by atoms with Gasteiger partial charge in [0.2, 0.25) is 0 Å². The maximum absolute atomic E-state index is 12.0. The molecule has 0 atom stereocenters. The Labute approximate surface area is 119 Å². The van der Waals surface area contributed by atoms with E-state index in [1.807, 2.05) is 0 Å². The number of hydrogen-bond donors (Lipinski definition) is 3. The van der Waals surface area contributed by atoms with E-state index < -0.39 is 15.7 Å². The molecular weight excluding hydrogens is 282 g/mol. The van der Waals surface area contributed by atoms with E-state index in [1.54, 1.807) is 20.8 Å². The Morgan fingerprint density at radius 1 is 1.10 bits per heavy atom. The molecule has 114 valence electrons. The SMILES string of the molecule is COc1cc(N)c(NS(=O)(=O)NC(C)(C)C)cc1OC. The molecule has 0 aromatic heterocycles. The Morgan fingerprint density at radius 2 is 1.60 bits per heavy atom. The summed E-state index contributed by atoms with van der Waals surface area (Å²) in [7, 11) is -0.803. The fourth-order valence-electron chi connectivity index (χ4n) is 1.56. The molecule has 0 saturated carbocycles. The molecule has 7 nitrogen and oxygen atoms in total. The topological polar surface area (TPSA) is 103 Å². The van der Waals surface area contributed by atoms with Crippen LogP contribution in [-0.2, 0) is 10.2 Å². The van der Waals surface area contributed by atoms with Gasteiger partial charge >= 0.3 is 0 Å². The van der Waals surface area contributed by atoms with E-state index >= 15 is 0 Å². The average Bonchev–Trinajstić information content (AvgIpc) is 2.27. The number of ether oxygens (including phenoxy) is 2. The minimum atomic E-state index is -3.74. The Balaban J connectivity index is 3.10. The van der Waals surface area contributed by atoms with E-state index in [9.17, 15) is 8.42 Å². The fraction of sp³-hybridized carbons (Fsp3) is 0.500. The number of nitrogens with one attached hydrogen (secondary N) is 2. The van der Waals surface area contributed by atoms with E-state index in [4.69, 9.17) is 15.2 Å². The van der Waals surface area contributed by atoms with Crippen LogP contribution in [-0.4, -0.2) is 28.2 Å². The predicted octanol–water partition coefficient (Wildman–Crippen LogP) is 1.33. The maximum atomic E-state index is 12.0. The molecule has 0 aliphatic rings. The molecular formula is C12H21N3O4S. The standard InChI is InChI=1S/C12H21N3O4S/c1-12(2,3)15-20(16,17)14-9-7-11(19-5)10(18-4)6-8(9)13/h6-7,14-15H,13H2,1-5H3. The van der Waals surface area contributed by atoms with E-state index in [0.717, 1.165) is 0 Å². The van der Waals surface area contributed by atoms with Crippen molar-refractivity contribution in [2.24, 2.45) is 0 Å². The van der Waals surface area contributed by atoms with Crippen LogP contribution in [0.4, 0.5) is 11.4 Å². The Kier molecular flexibility index (Phi) is 4.72. The Hall–Kier alpha value is -1.67. The second-order valence-corrected chi connectivity index (χ2v) is 6.67. The summed E-state index contributed by atoms with van der Waals surface area (Å²) in [6, 6.07) is 2.96. The lowest BCUT2D eigenvalue weighted by atomic mass is 10.1. The molecule has 0 saturated heterocycles. The van der Waals surface area contributed by atoms with E-state index in [2.05, 4.69) is 9.44 Å². The number of methoxy groups -OCH3 is 2. The van der Waals surface area contributed by atoms with Crippen molar-refractivity contribution < 1.29 is 17.9 Å². The first-order valence-corrected chi connectivity index (χ1v) is 7.39. The zero-order valence-electron chi connectivity index (χ0n) is 12.3. The van der Waals surface area contributed by atoms with Crippen LogP contribution < -0.4 is 24.7 Å². The van der Waals surface area contributed by atoms with E-state index in [0.29, 0.717) is 11.5 Å². The van der Waals surface area contributed by atoms with Gasteiger partial charge in [-0.1, -0.05) is 0 Å². The third kappa shape index (κ3) is 4.46. The number of nitrogen functional groups attached to an aromatic ring is 1. The summed E-state index contributed by atoms with van der Waals surface area (Å²) < 4.78 is 39.0. The van der Waals surface area contributed by atoms with Crippen molar-refractivity contribution in [3.63, 3.8) is 0 Å². The van der Waals surface area contributed by atoms with Crippen molar-refractivity contribution in [2.45, 2.75) is 26.3 Å². The molecule has 1 rings (SSSR count). The van der Waals surface area contributed by atoms with Crippen molar-refractivity contribution in [3.8, 4) is 11.5 Å². The zero-order valence-corrected chi connectivity index (χ0v) is 13.1. The highest BCUT2D eigenvalue weighted by Gasteiger charge is 2.21. The van der Waals surface area contributed by atoms with E-state index in [1.165, 1.54) is 26.4 Å². The van der Waals surface area contributed by atoms with Gasteiger partial charge in [0.25, 0.3) is 10.2 Å². The summed E-state index contributed by atoms with van der Waals surface area (Å²) in [4.78, 5) is 0. The van der Waals surface area contributed by atoms with Crippen LogP contribution in [0.2, 0.25) is 0 Å². The third-order valence-electron chi connectivity index (χ3n) is 2.24. The quantitative estimate of drug-likeness (QED) is 0.712. The van der Waals surface area contributed by atoms with Crippen molar-refractivity contribution in [1.82, 2.24) is 4.72 Å². The van der Waals surface area contributed by atoms with Gasteiger partial charge in [-0.15, -0.1) is 0 Å². The van der Waals surface area contributed by atoms with Crippen LogP contribution in [0.15, 0.2) is 12.1 Å². The maximum Gasteiger partial charge on any atom is 0.299 e. The lowest BCUT2D eigenvalue weighted by Crippen LogP contribution is -2.43. The van der Waals surface area contributed by atoms with Gasteiger partial charge in [-0.25, -0.2) is 0 Å². The summed E-state index contributed by atoms with van der Waals surface area (Å²) in [5.41, 5.74) is 5.66. The second-order valence-electron chi connectivity index (χ2n) is 5.25. The molecule has 0 fully saturated rings. The second kappa shape index (κ2) is 5.76. The van der Waals surface area contributed by atoms with Crippen LogP contribution in [0, 0.1) is 0 Å². The average molecular weight is 303 g/mol. The van der Waals surface area contributed by atoms with Crippen molar-refractivity contribution >= 4 is 21.6 Å². The van der Waals surface area contributed by atoms with Gasteiger partial charge in [-0.3, -0.25) is 4.72 Å². The first-order valence-electron chi connectivity index (χ1n) is 5.91. The van der Waals surface area contributed by atoms with Crippen molar-refractivity contribution in [2.75, 3.05) is 24.7 Å². The van der Waals surface area contributed by atoms with Gasteiger partial charge in [0.1, 0.15) is 0 Å². The third-order valence-corrected chi connectivity index (χ3v) is 3.61. The monoisotopic (exact) mass is 303 g/mol. The molecule has 1 aromatic carbocycles. The first-order chi connectivity index (χ1) is 9.08. The molecule has 0 aliphatic heterocycles. The first kappa shape index (κ1) is 16.4. The number of nitrogens with two attached hydrogens (primary N) is 1. The molecule has 0 unspecified atom stereocenters. The van der Waals surface area contributed by atoms with Crippen molar-refractivity contribution in [3.05, 3.63) is 12.1 Å². The molecule has 8 heteroatoms. The lowest BCUT2D eigenvalue weighted by Gasteiger charge is -2.21. The summed E-state index contributed by atoms with van der Waals surface area (Å²) >= 11 is 0. The van der Waals surface area contributed by atoms with Crippen LogP contribution in [0.3, 0.4) is 0 Å². The highest BCUT2D eigenvalue weighted by atomic mass is 32.2. The molecule has 0 amide bonds. The molecule has 0 heterocycles. The predicted molar refractivity (Wildman–Crippen MR) is 79.4 cm³/mol. The summed E-state index contributed by atoms with van der Waals surface area (Å²) in [5.74, 6) is 0.812. The van der Waals surface area contributed by atoms with Gasteiger partial charge in [-0.2, -0.15) is 13.1 Å². The molecule has 0 radical (unpaired) electrons. The number of anilines is 2. The van der Waals surface area contributed by atoms with Crippen molar-refractivity contribution in [1.29, 1.82) is 0 Å². The molecule has 0 bridgehead atoms. The number of rotatable bonds is 5. The smallest absolute Gasteiger partial charge is 0.299 e. The lowest BCUT2D eigenvalue weighted by molar-refractivity contribution is 0.355. The minimum Gasteiger partial charge on any atom is -0.493 e. The van der Waals surface area contributed by atoms with Crippen LogP contribution in [0.5, 0.6) is 11.5 Å². The summed E-state index contributed by atoms with van der Waals surface area (Å²) in [6.07, 6.45) is 0. The highest BCUT2D eigenvalue weighted by Crippen LogP contribution is 2.35. The molecule has 0 aliphatic carbocycles. The van der Waals surface area contributed by atoms with Crippen LogP contribution in [0.1, 0.15) is 20.8 Å². The van der Waals surface area contributed by atoms with Gasteiger partial charge in [-0.05, 0) is 20.8 Å². The Morgan fingerprint density at radius 3 is 2.05 bits per heavy atom. The van der Waals surface area contributed by atoms with Gasteiger partial charge in [0.15, 0.2) is 11.5 Å². The van der Waals surface area contributed by atoms with Crippen LogP contribution >= 0.6 is 0 Å². The Bertz CT molecular complexity index is 579. The van der Waals surface area contributed by atoms with E-state index in [-0.39, 0.29) is 11.4 Å². The normalized spacial score (nSPS) is 12.1. The highest BCUT2D eigenvalue weighted by molar-refractivity contribution is 7.90. The minimum absolute atomic E-state index is 0.222.